The van der Waals surface area contributed by atoms with E-state index in [4.69, 9.17) is 16.7 Å². The van der Waals surface area contributed by atoms with Crippen molar-refractivity contribution in [2.75, 3.05) is 0 Å². The zero-order chi connectivity index (χ0) is 10.7. The quantitative estimate of drug-likeness (QED) is 0.781. The van der Waals surface area contributed by atoms with Crippen molar-refractivity contribution >= 4 is 17.4 Å². The number of alkyl halides is 1. The molecule has 0 aromatic heterocycles. The topological polar surface area (TPSA) is 37.3 Å². The van der Waals surface area contributed by atoms with Gasteiger partial charge in [0.2, 0.25) is 0 Å². The molecule has 1 aromatic rings. The van der Waals surface area contributed by atoms with E-state index in [1.807, 2.05) is 19.1 Å². The lowest BCUT2D eigenvalue weighted by molar-refractivity contribution is -0.116. The summed E-state index contributed by atoms with van der Waals surface area (Å²) in [6.45, 7) is 3.25. The van der Waals surface area contributed by atoms with E-state index in [-0.39, 0.29) is 12.4 Å². The largest absolute Gasteiger partial charge is 0.392 e. The Morgan fingerprint density at radius 2 is 2.21 bits per heavy atom. The fourth-order valence-corrected chi connectivity index (χ4v) is 1.60. The van der Waals surface area contributed by atoms with Crippen molar-refractivity contribution in [3.05, 3.63) is 34.9 Å². The van der Waals surface area contributed by atoms with Crippen LogP contribution in [0.25, 0.3) is 0 Å². The van der Waals surface area contributed by atoms with Crippen molar-refractivity contribution in [3.8, 4) is 0 Å². The lowest BCUT2D eigenvalue weighted by Gasteiger charge is -2.12. The highest BCUT2D eigenvalue weighted by Gasteiger charge is 2.17. The van der Waals surface area contributed by atoms with Crippen LogP contribution in [0.2, 0.25) is 0 Å². The van der Waals surface area contributed by atoms with Gasteiger partial charge in [0.1, 0.15) is 5.38 Å². The Balaban J connectivity index is 3.20. The van der Waals surface area contributed by atoms with Gasteiger partial charge in [0.05, 0.1) is 6.61 Å². The van der Waals surface area contributed by atoms with Crippen LogP contribution in [0.4, 0.5) is 0 Å². The molecule has 14 heavy (non-hydrogen) atoms. The van der Waals surface area contributed by atoms with Crippen LogP contribution in [0.1, 0.15) is 29.0 Å². The van der Waals surface area contributed by atoms with Gasteiger partial charge in [-0.25, -0.2) is 0 Å². The molecule has 76 valence electrons. The number of hydrogen-bond donors (Lipinski definition) is 1. The minimum atomic E-state index is -0.656. The van der Waals surface area contributed by atoms with Crippen molar-refractivity contribution in [3.63, 3.8) is 0 Å². The van der Waals surface area contributed by atoms with Gasteiger partial charge >= 0.3 is 0 Å². The van der Waals surface area contributed by atoms with E-state index in [1.54, 1.807) is 6.07 Å². The van der Waals surface area contributed by atoms with Crippen molar-refractivity contribution in [2.24, 2.45) is 0 Å². The zero-order valence-corrected chi connectivity index (χ0v) is 9.01. The van der Waals surface area contributed by atoms with E-state index < -0.39 is 5.38 Å². The first-order chi connectivity index (χ1) is 6.57. The van der Waals surface area contributed by atoms with Crippen LogP contribution in [-0.2, 0) is 11.4 Å². The third kappa shape index (κ3) is 2.14. The summed E-state index contributed by atoms with van der Waals surface area (Å²) in [7, 11) is 0. The molecular formula is C11H13ClO2. The second-order valence-electron chi connectivity index (χ2n) is 3.27. The molecule has 0 fully saturated rings. The van der Waals surface area contributed by atoms with Crippen molar-refractivity contribution in [1.82, 2.24) is 0 Å². The van der Waals surface area contributed by atoms with E-state index in [1.165, 1.54) is 6.92 Å². The van der Waals surface area contributed by atoms with E-state index in [2.05, 4.69) is 0 Å². The molecule has 1 aromatic carbocycles. The smallest absolute Gasteiger partial charge is 0.152 e. The van der Waals surface area contributed by atoms with Crippen molar-refractivity contribution in [1.29, 1.82) is 0 Å². The Bertz CT molecular complexity index is 347. The fourth-order valence-electron chi connectivity index (χ4n) is 1.40. The molecule has 1 unspecified atom stereocenters. The van der Waals surface area contributed by atoms with Crippen LogP contribution in [0.3, 0.4) is 0 Å². The standard InChI is InChI=1S/C11H13ClO2/c1-7-4-3-5-9(10(7)6-13)11(12)8(2)14/h3-5,11,13H,6H2,1-2H3. The molecule has 0 radical (unpaired) electrons. The summed E-state index contributed by atoms with van der Waals surface area (Å²) < 4.78 is 0. The number of aliphatic hydroxyl groups excluding tert-OH is 1. The first-order valence-corrected chi connectivity index (χ1v) is 4.85. The summed E-state index contributed by atoms with van der Waals surface area (Å²) in [5, 5.41) is 8.50. The van der Waals surface area contributed by atoms with E-state index in [9.17, 15) is 4.79 Å². The summed E-state index contributed by atoms with van der Waals surface area (Å²) in [4.78, 5) is 11.1. The summed E-state index contributed by atoms with van der Waals surface area (Å²) >= 11 is 5.94. The van der Waals surface area contributed by atoms with Gasteiger partial charge in [0.25, 0.3) is 0 Å². The molecule has 1 N–H and O–H groups in total. The average Bonchev–Trinajstić information content (AvgIpc) is 2.16. The number of rotatable bonds is 3. The number of ketones is 1. The molecule has 0 saturated carbocycles. The molecule has 0 spiro atoms. The Labute approximate surface area is 88.5 Å². The highest BCUT2D eigenvalue weighted by molar-refractivity contribution is 6.30. The Morgan fingerprint density at radius 3 is 2.71 bits per heavy atom. The molecule has 1 atom stereocenters. The number of Topliss-reactive ketones (excluding diaryl/α,β-unsaturated/α-hetero) is 1. The first kappa shape index (κ1) is 11.2. The monoisotopic (exact) mass is 212 g/mol. The van der Waals surface area contributed by atoms with Crippen LogP contribution >= 0.6 is 11.6 Å². The van der Waals surface area contributed by atoms with Gasteiger partial charge < -0.3 is 5.11 Å². The molecule has 0 aliphatic heterocycles. The maximum atomic E-state index is 11.1. The molecule has 0 heterocycles. The van der Waals surface area contributed by atoms with E-state index in [0.717, 1.165) is 11.1 Å². The van der Waals surface area contributed by atoms with Crippen LogP contribution < -0.4 is 0 Å². The van der Waals surface area contributed by atoms with Crippen LogP contribution in [0, 0.1) is 6.92 Å². The lowest BCUT2D eigenvalue weighted by Crippen LogP contribution is -2.06. The Hall–Kier alpha value is -0.860. The van der Waals surface area contributed by atoms with Gasteiger partial charge in [-0.1, -0.05) is 18.2 Å². The van der Waals surface area contributed by atoms with E-state index in [0.29, 0.717) is 5.56 Å². The molecule has 1 rings (SSSR count). The number of aliphatic hydroxyl groups is 1. The molecule has 3 heteroatoms. The predicted octanol–water partition coefficient (Wildman–Crippen LogP) is 2.36. The fraction of sp³-hybridized carbons (Fsp3) is 0.364. The summed E-state index contributed by atoms with van der Waals surface area (Å²) in [5.41, 5.74) is 2.42. The van der Waals surface area contributed by atoms with Crippen LogP contribution in [0.5, 0.6) is 0 Å². The van der Waals surface area contributed by atoms with Gasteiger partial charge in [-0.05, 0) is 30.5 Å². The zero-order valence-electron chi connectivity index (χ0n) is 8.25. The van der Waals surface area contributed by atoms with Gasteiger partial charge in [0.15, 0.2) is 5.78 Å². The number of hydrogen-bond acceptors (Lipinski definition) is 2. The van der Waals surface area contributed by atoms with Gasteiger partial charge in [-0.2, -0.15) is 0 Å². The Morgan fingerprint density at radius 1 is 1.57 bits per heavy atom. The van der Waals surface area contributed by atoms with Crippen LogP contribution in [-0.4, -0.2) is 10.9 Å². The Kier molecular flexibility index (Phi) is 3.67. The number of carbonyl (C=O) groups is 1. The average molecular weight is 213 g/mol. The van der Waals surface area contributed by atoms with Crippen molar-refractivity contribution < 1.29 is 9.90 Å². The molecule has 0 amide bonds. The molecule has 0 aliphatic carbocycles. The molecule has 0 bridgehead atoms. The summed E-state index contributed by atoms with van der Waals surface area (Å²) in [6, 6.07) is 5.50. The predicted molar refractivity (Wildman–Crippen MR) is 56.4 cm³/mol. The first-order valence-electron chi connectivity index (χ1n) is 4.41. The van der Waals surface area contributed by atoms with E-state index >= 15 is 0 Å². The van der Waals surface area contributed by atoms with Gasteiger partial charge in [-0.15, -0.1) is 11.6 Å². The number of halogens is 1. The summed E-state index contributed by atoms with van der Waals surface area (Å²) in [5.74, 6) is -0.105. The normalized spacial score (nSPS) is 12.6. The summed E-state index contributed by atoms with van der Waals surface area (Å²) in [6.07, 6.45) is 0. The second kappa shape index (κ2) is 4.58. The number of benzene rings is 1. The minimum Gasteiger partial charge on any atom is -0.392 e. The third-order valence-electron chi connectivity index (χ3n) is 2.23. The minimum absolute atomic E-state index is 0.0848. The lowest BCUT2D eigenvalue weighted by atomic mass is 9.98. The molecule has 2 nitrogen and oxygen atoms in total. The molecule has 0 saturated heterocycles. The maximum Gasteiger partial charge on any atom is 0.152 e. The molecule has 0 aliphatic rings. The molecular weight excluding hydrogens is 200 g/mol. The highest BCUT2D eigenvalue weighted by Crippen LogP contribution is 2.26. The van der Waals surface area contributed by atoms with Crippen molar-refractivity contribution in [2.45, 2.75) is 25.8 Å². The number of carbonyl (C=O) groups excluding carboxylic acids is 1. The second-order valence-corrected chi connectivity index (χ2v) is 3.71. The third-order valence-corrected chi connectivity index (χ3v) is 2.78. The van der Waals surface area contributed by atoms with Gasteiger partial charge in [0, 0.05) is 0 Å². The van der Waals surface area contributed by atoms with Gasteiger partial charge in [-0.3, -0.25) is 4.79 Å². The maximum absolute atomic E-state index is 11.1. The van der Waals surface area contributed by atoms with Crippen LogP contribution in [0.15, 0.2) is 18.2 Å². The number of aryl methyl sites for hydroxylation is 1. The SMILES string of the molecule is CC(=O)C(Cl)c1cccc(C)c1CO. The highest BCUT2D eigenvalue weighted by atomic mass is 35.5.